The van der Waals surface area contributed by atoms with Crippen LogP contribution in [0, 0.1) is 0 Å². The van der Waals surface area contributed by atoms with Gasteiger partial charge in [0.2, 0.25) is 6.79 Å². The first kappa shape index (κ1) is 18.1. The van der Waals surface area contributed by atoms with E-state index < -0.39 is 0 Å². The van der Waals surface area contributed by atoms with Gasteiger partial charge in [0, 0.05) is 19.1 Å². The molecule has 2 amide bonds. The smallest absolute Gasteiger partial charge is 0.315 e. The Morgan fingerprint density at radius 1 is 1.08 bits per heavy atom. The van der Waals surface area contributed by atoms with Crippen LogP contribution in [0.1, 0.15) is 11.1 Å². The molecule has 0 radical (unpaired) electrons. The molecule has 0 saturated heterocycles. The number of hydrogen-bond donors (Lipinski definition) is 2. The van der Waals surface area contributed by atoms with Crippen molar-refractivity contribution in [1.29, 1.82) is 0 Å². The summed E-state index contributed by atoms with van der Waals surface area (Å²) in [4.78, 5) is 14.2. The van der Waals surface area contributed by atoms with Crippen molar-refractivity contribution < 1.29 is 14.3 Å². The lowest BCUT2D eigenvalue weighted by molar-refractivity contribution is 0.172. The van der Waals surface area contributed by atoms with E-state index in [1.807, 2.05) is 62.6 Å². The van der Waals surface area contributed by atoms with Crippen LogP contribution in [0.5, 0.6) is 11.5 Å². The van der Waals surface area contributed by atoms with Gasteiger partial charge in [-0.2, -0.15) is 0 Å². The lowest BCUT2D eigenvalue weighted by Gasteiger charge is -2.25. The summed E-state index contributed by atoms with van der Waals surface area (Å²) in [6.07, 6.45) is 0.762. The summed E-state index contributed by atoms with van der Waals surface area (Å²) in [5.74, 6) is 1.60. The van der Waals surface area contributed by atoms with Gasteiger partial charge in [-0.3, -0.25) is 0 Å². The quantitative estimate of drug-likeness (QED) is 0.801. The molecular weight excluding hydrogens is 330 g/mol. The second-order valence-corrected chi connectivity index (χ2v) is 6.52. The number of rotatable bonds is 7. The fourth-order valence-electron chi connectivity index (χ4n) is 2.89. The Morgan fingerprint density at radius 3 is 2.65 bits per heavy atom. The molecule has 2 N–H and O–H groups in total. The second kappa shape index (κ2) is 8.58. The molecule has 6 nitrogen and oxygen atoms in total. The van der Waals surface area contributed by atoms with Crippen molar-refractivity contribution in [2.45, 2.75) is 19.0 Å². The van der Waals surface area contributed by atoms with E-state index in [9.17, 15) is 4.79 Å². The Labute approximate surface area is 154 Å². The number of hydrogen-bond acceptors (Lipinski definition) is 4. The summed E-state index contributed by atoms with van der Waals surface area (Å²) >= 11 is 0. The van der Waals surface area contributed by atoms with Gasteiger partial charge in [0.25, 0.3) is 0 Å². The second-order valence-electron chi connectivity index (χ2n) is 6.52. The monoisotopic (exact) mass is 355 g/mol. The fraction of sp³-hybridized carbons (Fsp3) is 0.350. The van der Waals surface area contributed by atoms with E-state index >= 15 is 0 Å². The summed E-state index contributed by atoms with van der Waals surface area (Å²) in [6, 6.07) is 15.7. The largest absolute Gasteiger partial charge is 0.454 e. The van der Waals surface area contributed by atoms with E-state index in [1.165, 1.54) is 0 Å². The Hall–Kier alpha value is -2.73. The molecule has 6 heteroatoms. The average Bonchev–Trinajstić information content (AvgIpc) is 3.13. The summed E-state index contributed by atoms with van der Waals surface area (Å²) in [5.41, 5.74) is 2.16. The van der Waals surface area contributed by atoms with E-state index in [4.69, 9.17) is 9.47 Å². The Bertz CT molecular complexity index is 734. The molecule has 1 aliphatic heterocycles. The Kier molecular flexibility index (Phi) is 5.96. The van der Waals surface area contributed by atoms with Crippen LogP contribution in [0.2, 0.25) is 0 Å². The highest BCUT2D eigenvalue weighted by atomic mass is 16.7. The summed E-state index contributed by atoms with van der Waals surface area (Å²) in [7, 11) is 4.02. The molecule has 0 bridgehead atoms. The number of amides is 2. The molecule has 0 unspecified atom stereocenters. The van der Waals surface area contributed by atoms with Gasteiger partial charge in [-0.05, 0) is 37.7 Å². The van der Waals surface area contributed by atoms with Crippen molar-refractivity contribution in [3.63, 3.8) is 0 Å². The molecule has 0 fully saturated rings. The maximum Gasteiger partial charge on any atom is 0.315 e. The molecular formula is C20H25N3O3. The van der Waals surface area contributed by atoms with Gasteiger partial charge >= 0.3 is 6.03 Å². The lowest BCUT2D eigenvalue weighted by atomic mass is 10.0. The molecule has 3 rings (SSSR count). The minimum atomic E-state index is -0.168. The molecule has 26 heavy (non-hydrogen) atoms. The van der Waals surface area contributed by atoms with Crippen molar-refractivity contribution in [3.8, 4) is 11.5 Å². The molecule has 1 atom stereocenters. The lowest BCUT2D eigenvalue weighted by Crippen LogP contribution is -2.45. The Morgan fingerprint density at radius 2 is 1.88 bits per heavy atom. The van der Waals surface area contributed by atoms with Crippen molar-refractivity contribution >= 4 is 6.03 Å². The third-order valence-corrected chi connectivity index (χ3v) is 4.46. The highest BCUT2D eigenvalue weighted by Gasteiger charge is 2.21. The summed E-state index contributed by atoms with van der Waals surface area (Å²) in [6.45, 7) is 1.31. The fourth-order valence-corrected chi connectivity index (χ4v) is 2.89. The van der Waals surface area contributed by atoms with Gasteiger partial charge < -0.3 is 25.0 Å². The van der Waals surface area contributed by atoms with Crippen LogP contribution in [0.15, 0.2) is 48.5 Å². The average molecular weight is 355 g/mol. The molecule has 0 saturated carbocycles. The van der Waals surface area contributed by atoms with Gasteiger partial charge in [-0.1, -0.05) is 42.5 Å². The van der Waals surface area contributed by atoms with E-state index in [-0.39, 0.29) is 18.9 Å². The number of fused-ring (bicyclic) bond motifs is 1. The van der Waals surface area contributed by atoms with Gasteiger partial charge in [-0.15, -0.1) is 0 Å². The van der Waals surface area contributed by atoms with Crippen molar-refractivity contribution in [1.82, 2.24) is 15.5 Å². The highest BCUT2D eigenvalue weighted by Crippen LogP contribution is 2.36. The zero-order chi connectivity index (χ0) is 18.4. The molecule has 0 aliphatic carbocycles. The van der Waals surface area contributed by atoms with Crippen molar-refractivity contribution in [2.75, 3.05) is 27.4 Å². The molecule has 138 valence electrons. The van der Waals surface area contributed by atoms with Crippen molar-refractivity contribution in [3.05, 3.63) is 59.7 Å². The Balaban J connectivity index is 1.52. The normalized spacial score (nSPS) is 13.5. The maximum absolute atomic E-state index is 12.1. The number of urea groups is 1. The van der Waals surface area contributed by atoms with Gasteiger partial charge in [0.15, 0.2) is 11.5 Å². The molecule has 2 aromatic carbocycles. The predicted molar refractivity (Wildman–Crippen MR) is 100 cm³/mol. The third kappa shape index (κ3) is 4.67. The van der Waals surface area contributed by atoms with Crippen LogP contribution < -0.4 is 20.1 Å². The van der Waals surface area contributed by atoms with Crippen LogP contribution in [0.4, 0.5) is 4.79 Å². The zero-order valence-electron chi connectivity index (χ0n) is 15.2. The van der Waals surface area contributed by atoms with Crippen LogP contribution in [-0.4, -0.2) is 44.4 Å². The number of nitrogens with one attached hydrogen (secondary N) is 2. The number of nitrogens with zero attached hydrogens (tertiary/aromatic N) is 1. The minimum absolute atomic E-state index is 0.146. The first-order valence-electron chi connectivity index (χ1n) is 8.73. The SMILES string of the molecule is CN(C)[C@H](CNC(=O)NCc1ccccc1)Cc1cccc2c1OCO2. The van der Waals surface area contributed by atoms with Crippen molar-refractivity contribution in [2.24, 2.45) is 0 Å². The van der Waals surface area contributed by atoms with E-state index in [0.29, 0.717) is 13.1 Å². The van der Waals surface area contributed by atoms with E-state index in [2.05, 4.69) is 15.5 Å². The minimum Gasteiger partial charge on any atom is -0.454 e. The third-order valence-electron chi connectivity index (χ3n) is 4.46. The molecule has 1 aliphatic rings. The van der Waals surface area contributed by atoms with E-state index in [1.54, 1.807) is 0 Å². The zero-order valence-corrected chi connectivity index (χ0v) is 15.2. The standard InChI is InChI=1S/C20H25N3O3/c1-23(2)17(11-16-9-6-10-18-19(16)26-14-25-18)13-22-20(24)21-12-15-7-4-3-5-8-15/h3-10,17H,11-14H2,1-2H3,(H2,21,22,24)/t17-/m0/s1. The summed E-state index contributed by atoms with van der Waals surface area (Å²) < 4.78 is 11.0. The number of para-hydroxylation sites is 1. The number of carbonyl (C=O) groups is 1. The number of ether oxygens (including phenoxy) is 2. The first-order valence-corrected chi connectivity index (χ1v) is 8.73. The number of likely N-dealkylation sites (N-methyl/N-ethyl adjacent to an activating group) is 1. The van der Waals surface area contributed by atoms with Crippen LogP contribution in [0.25, 0.3) is 0 Å². The topological polar surface area (TPSA) is 62.8 Å². The predicted octanol–water partition coefficient (Wildman–Crippen LogP) is 2.39. The van der Waals surface area contributed by atoms with Crippen LogP contribution in [-0.2, 0) is 13.0 Å². The van der Waals surface area contributed by atoms with Crippen LogP contribution in [0.3, 0.4) is 0 Å². The highest BCUT2D eigenvalue weighted by molar-refractivity contribution is 5.73. The first-order chi connectivity index (χ1) is 12.6. The maximum atomic E-state index is 12.1. The van der Waals surface area contributed by atoms with E-state index in [0.717, 1.165) is 29.0 Å². The molecule has 2 aromatic rings. The number of carbonyl (C=O) groups excluding carboxylic acids is 1. The molecule has 0 aromatic heterocycles. The van der Waals surface area contributed by atoms with Gasteiger partial charge in [-0.25, -0.2) is 4.79 Å². The van der Waals surface area contributed by atoms with Crippen LogP contribution >= 0.6 is 0 Å². The number of benzene rings is 2. The van der Waals surface area contributed by atoms with Gasteiger partial charge in [0.1, 0.15) is 0 Å². The van der Waals surface area contributed by atoms with Gasteiger partial charge in [0.05, 0.1) is 0 Å². The summed E-state index contributed by atoms with van der Waals surface area (Å²) in [5, 5.41) is 5.84. The molecule has 1 heterocycles. The molecule has 0 spiro atoms.